The molecule has 7 heteroatoms. The van der Waals surface area contributed by atoms with E-state index in [4.69, 9.17) is 10.1 Å². The molecule has 0 saturated carbocycles. The summed E-state index contributed by atoms with van der Waals surface area (Å²) in [5.41, 5.74) is 0.520. The molecule has 2 atom stereocenters. The molecular formula is C19H26N4O3. The molecule has 1 fully saturated rings. The lowest BCUT2D eigenvalue weighted by molar-refractivity contribution is -0.124. The van der Waals surface area contributed by atoms with Gasteiger partial charge in [0.2, 0.25) is 5.91 Å². The van der Waals surface area contributed by atoms with E-state index < -0.39 is 6.04 Å². The minimum Gasteiger partial charge on any atom is -0.494 e. The SMILES string of the molecule is CCOc1cccc(C(=O)N2CCCC2C(=O)NCC(C=N)C=NC)c1. The highest BCUT2D eigenvalue weighted by Gasteiger charge is 2.34. The van der Waals surface area contributed by atoms with Crippen LogP contribution < -0.4 is 10.1 Å². The molecule has 2 N–H and O–H groups in total. The van der Waals surface area contributed by atoms with E-state index in [0.29, 0.717) is 37.4 Å². The summed E-state index contributed by atoms with van der Waals surface area (Å²) in [5.74, 6) is 0.0553. The van der Waals surface area contributed by atoms with Gasteiger partial charge in [0.05, 0.1) is 6.61 Å². The molecule has 140 valence electrons. The zero-order valence-electron chi connectivity index (χ0n) is 15.3. The van der Waals surface area contributed by atoms with Crippen molar-refractivity contribution in [3.63, 3.8) is 0 Å². The lowest BCUT2D eigenvalue weighted by Gasteiger charge is -2.24. The second-order valence-electron chi connectivity index (χ2n) is 6.10. The molecule has 1 aromatic carbocycles. The Kier molecular flexibility index (Phi) is 7.32. The molecule has 2 unspecified atom stereocenters. The highest BCUT2D eigenvalue weighted by molar-refractivity contribution is 5.98. The summed E-state index contributed by atoms with van der Waals surface area (Å²) in [5, 5.41) is 10.2. The molecule has 2 amide bonds. The topological polar surface area (TPSA) is 94.9 Å². The zero-order valence-corrected chi connectivity index (χ0v) is 15.3. The molecule has 0 aliphatic carbocycles. The van der Waals surface area contributed by atoms with Crippen LogP contribution in [0.3, 0.4) is 0 Å². The van der Waals surface area contributed by atoms with Gasteiger partial charge in [0, 0.05) is 44.0 Å². The molecule has 26 heavy (non-hydrogen) atoms. The largest absolute Gasteiger partial charge is 0.494 e. The van der Waals surface area contributed by atoms with Crippen molar-refractivity contribution in [2.24, 2.45) is 10.9 Å². The first kappa shape index (κ1) is 19.6. The minimum atomic E-state index is -0.483. The predicted molar refractivity (Wildman–Crippen MR) is 101 cm³/mol. The number of rotatable bonds is 8. The van der Waals surface area contributed by atoms with Crippen molar-refractivity contribution in [1.82, 2.24) is 10.2 Å². The van der Waals surface area contributed by atoms with Gasteiger partial charge in [-0.1, -0.05) is 6.07 Å². The highest BCUT2D eigenvalue weighted by Crippen LogP contribution is 2.22. The van der Waals surface area contributed by atoms with Crippen LogP contribution in [0.1, 0.15) is 30.1 Å². The number of nitrogens with zero attached hydrogens (tertiary/aromatic N) is 2. The van der Waals surface area contributed by atoms with Crippen LogP contribution in [0.2, 0.25) is 0 Å². The Hall–Kier alpha value is -2.70. The van der Waals surface area contributed by atoms with Gasteiger partial charge in [-0.15, -0.1) is 0 Å². The van der Waals surface area contributed by atoms with Gasteiger partial charge in [0.25, 0.3) is 5.91 Å². The van der Waals surface area contributed by atoms with Crippen LogP contribution in [0.4, 0.5) is 0 Å². The maximum absolute atomic E-state index is 12.8. The van der Waals surface area contributed by atoms with Crippen molar-refractivity contribution in [2.75, 3.05) is 26.7 Å². The van der Waals surface area contributed by atoms with Crippen LogP contribution >= 0.6 is 0 Å². The number of aliphatic imine (C=N–C) groups is 1. The van der Waals surface area contributed by atoms with Crippen molar-refractivity contribution in [2.45, 2.75) is 25.8 Å². The Balaban J connectivity index is 2.04. The second kappa shape index (κ2) is 9.70. The molecule has 0 bridgehead atoms. The van der Waals surface area contributed by atoms with Gasteiger partial charge in [0.15, 0.2) is 0 Å². The predicted octanol–water partition coefficient (Wildman–Crippen LogP) is 1.77. The third kappa shape index (κ3) is 4.91. The molecule has 1 aliphatic rings. The van der Waals surface area contributed by atoms with Crippen LogP contribution in [-0.4, -0.2) is 61.9 Å². The number of likely N-dealkylation sites (tertiary alicyclic amines) is 1. The van der Waals surface area contributed by atoms with E-state index in [1.807, 2.05) is 6.92 Å². The quantitative estimate of drug-likeness (QED) is 0.693. The maximum Gasteiger partial charge on any atom is 0.254 e. The van der Waals surface area contributed by atoms with Gasteiger partial charge in [0.1, 0.15) is 11.8 Å². The van der Waals surface area contributed by atoms with Gasteiger partial charge in [-0.3, -0.25) is 9.59 Å². The molecule has 1 aliphatic heterocycles. The van der Waals surface area contributed by atoms with E-state index in [9.17, 15) is 9.59 Å². The first-order chi connectivity index (χ1) is 12.6. The van der Waals surface area contributed by atoms with Crippen LogP contribution in [0.25, 0.3) is 0 Å². The molecule has 1 heterocycles. The third-order valence-corrected chi connectivity index (χ3v) is 4.27. The van der Waals surface area contributed by atoms with E-state index in [1.165, 1.54) is 6.21 Å². The number of ether oxygens (including phenoxy) is 1. The molecule has 1 saturated heterocycles. The summed E-state index contributed by atoms with van der Waals surface area (Å²) in [6.07, 6.45) is 4.29. The van der Waals surface area contributed by atoms with Crippen molar-refractivity contribution in [3.05, 3.63) is 29.8 Å². The Morgan fingerprint density at radius 1 is 1.50 bits per heavy atom. The summed E-state index contributed by atoms with van der Waals surface area (Å²) in [7, 11) is 1.63. The van der Waals surface area contributed by atoms with Crippen LogP contribution in [0.5, 0.6) is 5.75 Å². The van der Waals surface area contributed by atoms with Crippen molar-refractivity contribution < 1.29 is 14.3 Å². The summed E-state index contributed by atoms with van der Waals surface area (Å²) < 4.78 is 5.45. The number of carbonyl (C=O) groups is 2. The Morgan fingerprint density at radius 3 is 3.00 bits per heavy atom. The van der Waals surface area contributed by atoms with Crippen LogP contribution in [0, 0.1) is 11.3 Å². The van der Waals surface area contributed by atoms with Gasteiger partial charge < -0.3 is 25.4 Å². The zero-order chi connectivity index (χ0) is 18.9. The van der Waals surface area contributed by atoms with Gasteiger partial charge >= 0.3 is 0 Å². The minimum absolute atomic E-state index is 0.164. The van der Waals surface area contributed by atoms with Crippen LogP contribution in [-0.2, 0) is 4.79 Å². The smallest absolute Gasteiger partial charge is 0.254 e. The number of nitrogens with one attached hydrogen (secondary N) is 2. The van der Waals surface area contributed by atoms with E-state index in [1.54, 1.807) is 42.4 Å². The number of amides is 2. The third-order valence-electron chi connectivity index (χ3n) is 4.27. The van der Waals surface area contributed by atoms with Crippen molar-refractivity contribution in [3.8, 4) is 5.75 Å². The monoisotopic (exact) mass is 358 g/mol. The molecule has 7 nitrogen and oxygen atoms in total. The Morgan fingerprint density at radius 2 is 2.31 bits per heavy atom. The molecule has 0 radical (unpaired) electrons. The molecular weight excluding hydrogens is 332 g/mol. The average Bonchev–Trinajstić information content (AvgIpc) is 3.14. The van der Waals surface area contributed by atoms with E-state index >= 15 is 0 Å². The van der Waals surface area contributed by atoms with Gasteiger partial charge in [-0.2, -0.15) is 0 Å². The number of hydrogen-bond donors (Lipinski definition) is 2. The summed E-state index contributed by atoms with van der Waals surface area (Å²) in [6, 6.07) is 6.55. The number of benzene rings is 1. The van der Waals surface area contributed by atoms with E-state index in [-0.39, 0.29) is 17.7 Å². The van der Waals surface area contributed by atoms with Crippen LogP contribution in [0.15, 0.2) is 29.3 Å². The number of hydrogen-bond acceptors (Lipinski definition) is 5. The summed E-state index contributed by atoms with van der Waals surface area (Å²) in [6.45, 7) is 3.28. The Bertz CT molecular complexity index is 675. The summed E-state index contributed by atoms with van der Waals surface area (Å²) >= 11 is 0. The molecule has 1 aromatic rings. The Labute approximate surface area is 153 Å². The fourth-order valence-corrected chi connectivity index (χ4v) is 3.02. The number of carbonyl (C=O) groups excluding carboxylic acids is 2. The van der Waals surface area contributed by atoms with Crippen molar-refractivity contribution >= 4 is 24.2 Å². The highest BCUT2D eigenvalue weighted by atomic mass is 16.5. The van der Waals surface area contributed by atoms with Crippen molar-refractivity contribution in [1.29, 1.82) is 5.41 Å². The maximum atomic E-state index is 12.8. The normalized spacial score (nSPS) is 17.9. The van der Waals surface area contributed by atoms with E-state index in [2.05, 4.69) is 10.3 Å². The lowest BCUT2D eigenvalue weighted by atomic mass is 10.1. The fourth-order valence-electron chi connectivity index (χ4n) is 3.02. The van der Waals surface area contributed by atoms with Gasteiger partial charge in [-0.25, -0.2) is 0 Å². The lowest BCUT2D eigenvalue weighted by Crippen LogP contribution is -2.47. The molecule has 0 spiro atoms. The summed E-state index contributed by atoms with van der Waals surface area (Å²) in [4.78, 5) is 30.9. The average molecular weight is 358 g/mol. The van der Waals surface area contributed by atoms with E-state index in [0.717, 1.165) is 6.42 Å². The van der Waals surface area contributed by atoms with Gasteiger partial charge in [-0.05, 0) is 38.0 Å². The first-order valence-electron chi connectivity index (χ1n) is 8.85. The fraction of sp³-hybridized carbons (Fsp3) is 0.474. The second-order valence-corrected chi connectivity index (χ2v) is 6.10. The molecule has 2 rings (SSSR count). The molecule has 0 aromatic heterocycles. The first-order valence-corrected chi connectivity index (χ1v) is 8.85. The standard InChI is InChI=1S/C19H26N4O3/c1-3-26-16-7-4-6-15(10-16)19(25)23-9-5-8-17(23)18(24)22-13-14(11-20)12-21-2/h4,6-7,10-12,14,17,20H,3,5,8-9,13H2,1-2H3,(H,22,24).